The lowest BCUT2D eigenvalue weighted by Crippen LogP contribution is -2.35. The fourth-order valence-corrected chi connectivity index (χ4v) is 1.45. The number of alkyl halides is 3. The summed E-state index contributed by atoms with van der Waals surface area (Å²) in [6, 6.07) is 0. The molecule has 1 aromatic heterocycles. The van der Waals surface area contributed by atoms with Crippen LogP contribution >= 0.6 is 0 Å². The molecule has 0 atom stereocenters. The fourth-order valence-electron chi connectivity index (χ4n) is 1.45. The van der Waals surface area contributed by atoms with E-state index in [1.54, 1.807) is 0 Å². The highest BCUT2D eigenvalue weighted by Gasteiger charge is 2.31. The van der Waals surface area contributed by atoms with Gasteiger partial charge in [-0.25, -0.2) is 0 Å². The number of aromatic nitrogens is 2. The van der Waals surface area contributed by atoms with Gasteiger partial charge >= 0.3 is 6.18 Å². The molecule has 0 aromatic carbocycles. The number of hydrogen-bond acceptors (Lipinski definition) is 5. The van der Waals surface area contributed by atoms with Gasteiger partial charge < -0.3 is 9.63 Å². The summed E-state index contributed by atoms with van der Waals surface area (Å²) in [5, 5.41) is 12.3. The van der Waals surface area contributed by atoms with Crippen LogP contribution in [0.4, 0.5) is 13.2 Å². The van der Waals surface area contributed by atoms with Crippen molar-refractivity contribution >= 4 is 0 Å². The molecule has 8 heteroatoms. The van der Waals surface area contributed by atoms with E-state index in [-0.39, 0.29) is 32.0 Å². The minimum Gasteiger partial charge on any atom is -0.396 e. The van der Waals surface area contributed by atoms with Crippen LogP contribution in [-0.4, -0.2) is 46.0 Å². The monoisotopic (exact) mass is 267 g/mol. The van der Waals surface area contributed by atoms with Crippen molar-refractivity contribution in [2.45, 2.75) is 32.5 Å². The molecule has 0 fully saturated rings. The molecule has 5 nitrogen and oxygen atoms in total. The molecule has 18 heavy (non-hydrogen) atoms. The number of aryl methyl sites for hydroxylation is 1. The van der Waals surface area contributed by atoms with Crippen molar-refractivity contribution in [2.24, 2.45) is 0 Å². The van der Waals surface area contributed by atoms with Gasteiger partial charge in [-0.05, 0) is 6.42 Å². The van der Waals surface area contributed by atoms with E-state index in [0.29, 0.717) is 12.2 Å². The predicted octanol–water partition coefficient (Wildman–Crippen LogP) is 1.38. The van der Waals surface area contributed by atoms with Crippen LogP contribution in [0.25, 0.3) is 0 Å². The average molecular weight is 267 g/mol. The second kappa shape index (κ2) is 6.69. The van der Waals surface area contributed by atoms with Crippen LogP contribution in [0.3, 0.4) is 0 Å². The Morgan fingerprint density at radius 3 is 2.61 bits per heavy atom. The third-order valence-electron chi connectivity index (χ3n) is 2.22. The third-order valence-corrected chi connectivity index (χ3v) is 2.22. The zero-order valence-electron chi connectivity index (χ0n) is 10.1. The summed E-state index contributed by atoms with van der Waals surface area (Å²) in [6.45, 7) is 0.676. The Morgan fingerprint density at radius 1 is 1.39 bits per heavy atom. The van der Waals surface area contributed by atoms with Crippen molar-refractivity contribution in [2.75, 3.05) is 19.7 Å². The molecule has 0 saturated carbocycles. The summed E-state index contributed by atoms with van der Waals surface area (Å²) in [6.07, 6.45) is -3.45. The van der Waals surface area contributed by atoms with E-state index in [2.05, 4.69) is 10.1 Å². The molecule has 104 valence electrons. The lowest BCUT2D eigenvalue weighted by molar-refractivity contribution is -0.148. The molecule has 0 aliphatic heterocycles. The highest BCUT2D eigenvalue weighted by molar-refractivity contribution is 4.85. The van der Waals surface area contributed by atoms with Gasteiger partial charge in [0.1, 0.15) is 0 Å². The van der Waals surface area contributed by atoms with Crippen LogP contribution in [0.5, 0.6) is 0 Å². The molecule has 0 radical (unpaired) electrons. The van der Waals surface area contributed by atoms with Gasteiger partial charge in [0.15, 0.2) is 5.82 Å². The SMILES string of the molecule is CCc1noc(CN(CCCO)CC(F)(F)F)n1. The Balaban J connectivity index is 2.59. The first-order chi connectivity index (χ1) is 8.44. The quantitative estimate of drug-likeness (QED) is 0.808. The summed E-state index contributed by atoms with van der Waals surface area (Å²) in [4.78, 5) is 5.09. The van der Waals surface area contributed by atoms with Gasteiger partial charge in [0.25, 0.3) is 0 Å². The van der Waals surface area contributed by atoms with E-state index < -0.39 is 12.7 Å². The molecule has 1 aromatic rings. The maximum absolute atomic E-state index is 12.3. The van der Waals surface area contributed by atoms with E-state index in [1.165, 1.54) is 0 Å². The second-order valence-corrected chi connectivity index (χ2v) is 3.86. The fraction of sp³-hybridized carbons (Fsp3) is 0.800. The highest BCUT2D eigenvalue weighted by Crippen LogP contribution is 2.18. The molecule has 0 spiro atoms. The van der Waals surface area contributed by atoms with Crippen LogP contribution in [-0.2, 0) is 13.0 Å². The molecule has 1 N–H and O–H groups in total. The smallest absolute Gasteiger partial charge is 0.396 e. The Morgan fingerprint density at radius 2 is 2.11 bits per heavy atom. The number of aliphatic hydroxyl groups is 1. The lowest BCUT2D eigenvalue weighted by atomic mass is 10.3. The van der Waals surface area contributed by atoms with Gasteiger partial charge in [0.2, 0.25) is 5.89 Å². The highest BCUT2D eigenvalue weighted by atomic mass is 19.4. The molecule has 0 bridgehead atoms. The topological polar surface area (TPSA) is 62.4 Å². The Bertz CT molecular complexity index is 354. The van der Waals surface area contributed by atoms with Crippen LogP contribution in [0.15, 0.2) is 4.52 Å². The summed E-state index contributed by atoms with van der Waals surface area (Å²) >= 11 is 0. The normalized spacial score (nSPS) is 12.3. The Labute approximate surface area is 103 Å². The average Bonchev–Trinajstić information content (AvgIpc) is 2.71. The van der Waals surface area contributed by atoms with Crippen molar-refractivity contribution in [3.63, 3.8) is 0 Å². The lowest BCUT2D eigenvalue weighted by Gasteiger charge is -2.21. The third kappa shape index (κ3) is 5.46. The Hall–Kier alpha value is -1.15. The number of rotatable bonds is 7. The summed E-state index contributed by atoms with van der Waals surface area (Å²) < 4.78 is 41.9. The largest absolute Gasteiger partial charge is 0.401 e. The Kier molecular flexibility index (Phi) is 5.54. The second-order valence-electron chi connectivity index (χ2n) is 3.86. The van der Waals surface area contributed by atoms with Gasteiger partial charge in [-0.2, -0.15) is 18.2 Å². The number of halogens is 3. The van der Waals surface area contributed by atoms with Crippen molar-refractivity contribution < 1.29 is 22.8 Å². The molecule has 0 unspecified atom stereocenters. The summed E-state index contributed by atoms with van der Waals surface area (Å²) in [5.74, 6) is 0.633. The van der Waals surface area contributed by atoms with E-state index in [1.807, 2.05) is 6.92 Å². The van der Waals surface area contributed by atoms with E-state index >= 15 is 0 Å². The molecule has 1 heterocycles. The predicted molar refractivity (Wildman–Crippen MR) is 56.7 cm³/mol. The number of aliphatic hydroxyl groups excluding tert-OH is 1. The van der Waals surface area contributed by atoms with Crippen LogP contribution < -0.4 is 0 Å². The molecule has 1 rings (SSSR count). The van der Waals surface area contributed by atoms with Gasteiger partial charge in [0, 0.05) is 19.6 Å². The zero-order chi connectivity index (χ0) is 13.6. The minimum absolute atomic E-state index is 0.0630. The first kappa shape index (κ1) is 14.9. The van der Waals surface area contributed by atoms with Crippen molar-refractivity contribution in [1.29, 1.82) is 0 Å². The molecular formula is C10H16F3N3O2. The van der Waals surface area contributed by atoms with E-state index in [0.717, 1.165) is 4.90 Å². The van der Waals surface area contributed by atoms with Crippen LogP contribution in [0.2, 0.25) is 0 Å². The van der Waals surface area contributed by atoms with Crippen LogP contribution in [0, 0.1) is 0 Å². The van der Waals surface area contributed by atoms with Gasteiger partial charge in [-0.3, -0.25) is 4.90 Å². The molecule has 0 amide bonds. The maximum atomic E-state index is 12.3. The van der Waals surface area contributed by atoms with Gasteiger partial charge in [-0.1, -0.05) is 12.1 Å². The molecule has 0 aliphatic rings. The summed E-state index contributed by atoms with van der Waals surface area (Å²) in [5.41, 5.74) is 0. The maximum Gasteiger partial charge on any atom is 0.401 e. The zero-order valence-corrected chi connectivity index (χ0v) is 10.1. The number of hydrogen-bond donors (Lipinski definition) is 1. The van der Waals surface area contributed by atoms with Crippen LogP contribution in [0.1, 0.15) is 25.1 Å². The first-order valence-corrected chi connectivity index (χ1v) is 5.66. The molecular weight excluding hydrogens is 251 g/mol. The van der Waals surface area contributed by atoms with Crippen molar-refractivity contribution in [3.05, 3.63) is 11.7 Å². The first-order valence-electron chi connectivity index (χ1n) is 5.66. The van der Waals surface area contributed by atoms with E-state index in [4.69, 9.17) is 9.63 Å². The van der Waals surface area contributed by atoms with E-state index in [9.17, 15) is 13.2 Å². The number of nitrogens with zero attached hydrogens (tertiary/aromatic N) is 3. The van der Waals surface area contributed by atoms with Gasteiger partial charge in [0.05, 0.1) is 13.1 Å². The van der Waals surface area contributed by atoms with Gasteiger partial charge in [-0.15, -0.1) is 0 Å². The molecule has 0 saturated heterocycles. The van der Waals surface area contributed by atoms with Crippen molar-refractivity contribution in [1.82, 2.24) is 15.0 Å². The standard InChI is InChI=1S/C10H16F3N3O2/c1-2-8-14-9(18-15-8)6-16(4-3-5-17)7-10(11,12)13/h17H,2-7H2,1H3. The minimum atomic E-state index is -4.29. The van der Waals surface area contributed by atoms with Crippen molar-refractivity contribution in [3.8, 4) is 0 Å². The summed E-state index contributed by atoms with van der Waals surface area (Å²) in [7, 11) is 0. The molecule has 0 aliphatic carbocycles.